The summed E-state index contributed by atoms with van der Waals surface area (Å²) in [4.78, 5) is 2.13. The van der Waals surface area contributed by atoms with Crippen molar-refractivity contribution in [3.05, 3.63) is 58.1 Å². The molecule has 0 unspecified atom stereocenters. The van der Waals surface area contributed by atoms with Gasteiger partial charge in [0.25, 0.3) is 0 Å². The zero-order chi connectivity index (χ0) is 14.5. The highest BCUT2D eigenvalue weighted by Gasteiger charge is 2.06. The van der Waals surface area contributed by atoms with Crippen molar-refractivity contribution in [2.45, 2.75) is 6.54 Å². The summed E-state index contributed by atoms with van der Waals surface area (Å²) >= 11 is 3.41. The molecule has 0 aliphatic heterocycles. The van der Waals surface area contributed by atoms with Crippen LogP contribution in [0.25, 0.3) is 0 Å². The van der Waals surface area contributed by atoms with Crippen LogP contribution in [0.1, 0.15) is 11.1 Å². The molecule has 0 amide bonds. The van der Waals surface area contributed by atoms with Gasteiger partial charge in [-0.1, -0.05) is 12.1 Å². The molecule has 20 heavy (non-hydrogen) atoms. The van der Waals surface area contributed by atoms with Crippen LogP contribution >= 0.6 is 15.9 Å². The maximum absolute atomic E-state index is 8.93. The highest BCUT2D eigenvalue weighted by molar-refractivity contribution is 9.10. The number of benzene rings is 2. The third-order valence-corrected chi connectivity index (χ3v) is 3.72. The van der Waals surface area contributed by atoms with Crippen LogP contribution < -0.4 is 9.64 Å². The predicted molar refractivity (Wildman–Crippen MR) is 84.0 cm³/mol. The molecule has 0 fully saturated rings. The van der Waals surface area contributed by atoms with Crippen LogP contribution in [0.2, 0.25) is 0 Å². The minimum Gasteiger partial charge on any atom is -0.497 e. The molecule has 102 valence electrons. The van der Waals surface area contributed by atoms with Gasteiger partial charge in [0.1, 0.15) is 11.8 Å². The smallest absolute Gasteiger partial charge is 0.119 e. The lowest BCUT2D eigenvalue weighted by molar-refractivity contribution is 0.414. The van der Waals surface area contributed by atoms with Crippen molar-refractivity contribution in [3.63, 3.8) is 0 Å². The molecular weight excluding hydrogens is 316 g/mol. The Morgan fingerprint density at radius 2 is 2.05 bits per heavy atom. The number of nitriles is 1. The average Bonchev–Trinajstić information content (AvgIpc) is 2.47. The molecule has 0 spiro atoms. The van der Waals surface area contributed by atoms with Crippen LogP contribution in [0.3, 0.4) is 0 Å². The first kappa shape index (κ1) is 14.4. The van der Waals surface area contributed by atoms with Crippen molar-refractivity contribution in [1.29, 1.82) is 5.26 Å². The summed E-state index contributed by atoms with van der Waals surface area (Å²) in [5, 5.41) is 8.93. The lowest BCUT2D eigenvalue weighted by Crippen LogP contribution is -2.16. The quantitative estimate of drug-likeness (QED) is 0.851. The second-order valence-corrected chi connectivity index (χ2v) is 5.34. The highest BCUT2D eigenvalue weighted by atomic mass is 79.9. The molecule has 0 N–H and O–H groups in total. The van der Waals surface area contributed by atoms with Gasteiger partial charge in [0, 0.05) is 23.8 Å². The number of anilines is 1. The Morgan fingerprint density at radius 3 is 2.70 bits per heavy atom. The van der Waals surface area contributed by atoms with E-state index in [9.17, 15) is 0 Å². The Balaban J connectivity index is 2.17. The van der Waals surface area contributed by atoms with Gasteiger partial charge in [0.2, 0.25) is 0 Å². The second-order valence-electron chi connectivity index (χ2n) is 4.48. The van der Waals surface area contributed by atoms with Crippen LogP contribution in [0.15, 0.2) is 46.9 Å². The summed E-state index contributed by atoms with van der Waals surface area (Å²) in [7, 11) is 3.69. The molecule has 2 aromatic carbocycles. The fourth-order valence-electron chi connectivity index (χ4n) is 1.97. The maximum Gasteiger partial charge on any atom is 0.119 e. The molecule has 0 bridgehead atoms. The molecule has 0 heterocycles. The largest absolute Gasteiger partial charge is 0.497 e. The zero-order valence-electron chi connectivity index (χ0n) is 11.4. The third-order valence-electron chi connectivity index (χ3n) is 3.07. The predicted octanol–water partition coefficient (Wildman–Crippen LogP) is 3.97. The Hall–Kier alpha value is -1.99. The highest BCUT2D eigenvalue weighted by Crippen LogP contribution is 2.24. The van der Waals surface area contributed by atoms with Gasteiger partial charge < -0.3 is 9.64 Å². The fourth-order valence-corrected chi connectivity index (χ4v) is 2.42. The Kier molecular flexibility index (Phi) is 4.65. The zero-order valence-corrected chi connectivity index (χ0v) is 13.0. The third kappa shape index (κ3) is 3.31. The summed E-state index contributed by atoms with van der Waals surface area (Å²) in [6.45, 7) is 0.773. The first-order valence-corrected chi connectivity index (χ1v) is 6.97. The summed E-state index contributed by atoms with van der Waals surface area (Å²) < 4.78 is 6.04. The molecule has 3 nitrogen and oxygen atoms in total. The van der Waals surface area contributed by atoms with Gasteiger partial charge in [-0.25, -0.2) is 0 Å². The fraction of sp³-hybridized carbons (Fsp3) is 0.188. The van der Waals surface area contributed by atoms with E-state index in [2.05, 4.69) is 33.0 Å². The summed E-state index contributed by atoms with van der Waals surface area (Å²) in [5.74, 6) is 0.858. The minimum atomic E-state index is 0.642. The van der Waals surface area contributed by atoms with Crippen molar-refractivity contribution in [3.8, 4) is 11.8 Å². The molecule has 0 atom stereocenters. The topological polar surface area (TPSA) is 36.3 Å². The number of hydrogen-bond donors (Lipinski definition) is 0. The molecule has 0 saturated heterocycles. The van der Waals surface area contributed by atoms with E-state index in [0.29, 0.717) is 5.56 Å². The summed E-state index contributed by atoms with van der Waals surface area (Å²) in [5.41, 5.74) is 2.87. The first-order chi connectivity index (χ1) is 9.63. The van der Waals surface area contributed by atoms with Crippen molar-refractivity contribution in [2.24, 2.45) is 0 Å². The Bertz CT molecular complexity index is 649. The van der Waals surface area contributed by atoms with Crippen molar-refractivity contribution < 1.29 is 4.74 Å². The van der Waals surface area contributed by atoms with Crippen LogP contribution in [-0.2, 0) is 6.54 Å². The number of rotatable bonds is 4. The standard InChI is InChI=1S/C16H15BrN2O/c1-19(11-12-4-3-5-15(8-12)20-2)14-7-6-13(10-18)16(17)9-14/h3-9H,11H2,1-2H3. The summed E-state index contributed by atoms with van der Waals surface area (Å²) in [6, 6.07) is 15.9. The first-order valence-electron chi connectivity index (χ1n) is 6.17. The Morgan fingerprint density at radius 1 is 1.25 bits per heavy atom. The van der Waals surface area contributed by atoms with Gasteiger partial charge >= 0.3 is 0 Å². The van der Waals surface area contributed by atoms with Crippen LogP contribution in [0.5, 0.6) is 5.75 Å². The molecule has 0 aromatic heterocycles. The van der Waals surface area contributed by atoms with Gasteiger partial charge in [-0.3, -0.25) is 0 Å². The van der Waals surface area contributed by atoms with E-state index in [0.717, 1.165) is 22.5 Å². The number of methoxy groups -OCH3 is 1. The lowest BCUT2D eigenvalue weighted by atomic mass is 10.1. The molecule has 0 radical (unpaired) electrons. The van der Waals surface area contributed by atoms with E-state index >= 15 is 0 Å². The van der Waals surface area contributed by atoms with Gasteiger partial charge in [-0.15, -0.1) is 0 Å². The summed E-state index contributed by atoms with van der Waals surface area (Å²) in [6.07, 6.45) is 0. The molecule has 2 rings (SSSR count). The van der Waals surface area contributed by atoms with E-state index in [1.165, 1.54) is 5.56 Å². The van der Waals surface area contributed by atoms with Crippen molar-refractivity contribution in [1.82, 2.24) is 0 Å². The van der Waals surface area contributed by atoms with E-state index in [1.807, 2.05) is 43.4 Å². The van der Waals surface area contributed by atoms with Crippen LogP contribution in [0.4, 0.5) is 5.69 Å². The van der Waals surface area contributed by atoms with E-state index in [-0.39, 0.29) is 0 Å². The Labute approximate surface area is 127 Å². The van der Waals surface area contributed by atoms with Crippen LogP contribution in [0, 0.1) is 11.3 Å². The molecule has 0 aliphatic carbocycles. The van der Waals surface area contributed by atoms with Gasteiger partial charge in [0.15, 0.2) is 0 Å². The van der Waals surface area contributed by atoms with Gasteiger partial charge in [-0.05, 0) is 51.8 Å². The van der Waals surface area contributed by atoms with Gasteiger partial charge in [0.05, 0.1) is 12.7 Å². The van der Waals surface area contributed by atoms with Gasteiger partial charge in [-0.2, -0.15) is 5.26 Å². The lowest BCUT2D eigenvalue weighted by Gasteiger charge is -2.20. The van der Waals surface area contributed by atoms with Crippen molar-refractivity contribution in [2.75, 3.05) is 19.1 Å². The second kappa shape index (κ2) is 6.44. The molecular formula is C16H15BrN2O. The molecule has 0 aliphatic rings. The van der Waals surface area contributed by atoms with Crippen molar-refractivity contribution >= 4 is 21.6 Å². The average molecular weight is 331 g/mol. The SMILES string of the molecule is COc1cccc(CN(C)c2ccc(C#N)c(Br)c2)c1. The normalized spacial score (nSPS) is 9.90. The number of ether oxygens (including phenoxy) is 1. The molecule has 0 saturated carbocycles. The van der Waals surface area contributed by atoms with E-state index in [1.54, 1.807) is 7.11 Å². The minimum absolute atomic E-state index is 0.642. The number of halogens is 1. The van der Waals surface area contributed by atoms with E-state index < -0.39 is 0 Å². The number of hydrogen-bond acceptors (Lipinski definition) is 3. The number of nitrogens with zero attached hydrogens (tertiary/aromatic N) is 2. The monoisotopic (exact) mass is 330 g/mol. The van der Waals surface area contributed by atoms with E-state index in [4.69, 9.17) is 10.00 Å². The molecule has 2 aromatic rings. The maximum atomic E-state index is 8.93. The molecule has 4 heteroatoms. The van der Waals surface area contributed by atoms with Crippen LogP contribution in [-0.4, -0.2) is 14.2 Å².